The first-order valence-corrected chi connectivity index (χ1v) is 10.4. The van der Waals surface area contributed by atoms with E-state index in [1.807, 2.05) is 24.3 Å². The predicted octanol–water partition coefficient (Wildman–Crippen LogP) is 6.40. The van der Waals surface area contributed by atoms with Crippen LogP contribution in [-0.4, -0.2) is 15.9 Å². The van der Waals surface area contributed by atoms with Crippen LogP contribution in [0.4, 0.5) is 21.6 Å². The van der Waals surface area contributed by atoms with Crippen LogP contribution in [0.1, 0.15) is 35.7 Å². The molecular weight excluding hydrogens is 403 g/mol. The van der Waals surface area contributed by atoms with Crippen molar-refractivity contribution in [1.82, 2.24) is 9.97 Å². The minimum Gasteiger partial charge on any atom is -0.340 e. The van der Waals surface area contributed by atoms with Gasteiger partial charge in [-0.15, -0.1) is 0 Å². The van der Waals surface area contributed by atoms with Crippen molar-refractivity contribution in [3.8, 4) is 11.4 Å². The Morgan fingerprint density at radius 2 is 1.62 bits per heavy atom. The molecule has 0 spiro atoms. The molecule has 160 valence electrons. The van der Waals surface area contributed by atoms with Crippen molar-refractivity contribution in [2.45, 2.75) is 19.8 Å². The lowest BCUT2D eigenvalue weighted by atomic mass is 10.0. The van der Waals surface area contributed by atoms with Crippen LogP contribution in [0.3, 0.4) is 0 Å². The molecular formula is C26H23FN4O. The summed E-state index contributed by atoms with van der Waals surface area (Å²) in [6.07, 6.45) is 1.61. The third-order valence-electron chi connectivity index (χ3n) is 4.99. The van der Waals surface area contributed by atoms with E-state index in [2.05, 4.69) is 34.4 Å². The van der Waals surface area contributed by atoms with Gasteiger partial charge in [0, 0.05) is 28.7 Å². The molecule has 4 aromatic rings. The first-order chi connectivity index (χ1) is 15.5. The van der Waals surface area contributed by atoms with Crippen LogP contribution in [0.2, 0.25) is 0 Å². The lowest BCUT2D eigenvalue weighted by Gasteiger charge is -2.10. The van der Waals surface area contributed by atoms with Crippen LogP contribution in [0.25, 0.3) is 11.4 Å². The SMILES string of the molecule is CC(C)c1ccc(NC(=O)c2ccc(Nc3ccnc(-c4cccc(F)c4)n3)cc2)cc1. The molecule has 0 saturated carbocycles. The van der Waals surface area contributed by atoms with Crippen LogP contribution in [0.15, 0.2) is 85.1 Å². The third kappa shape index (κ3) is 5.16. The Balaban J connectivity index is 1.42. The number of anilines is 3. The second-order valence-electron chi connectivity index (χ2n) is 7.71. The molecule has 32 heavy (non-hydrogen) atoms. The van der Waals surface area contributed by atoms with Crippen LogP contribution in [0, 0.1) is 5.82 Å². The van der Waals surface area contributed by atoms with E-state index in [9.17, 15) is 9.18 Å². The first-order valence-electron chi connectivity index (χ1n) is 10.4. The summed E-state index contributed by atoms with van der Waals surface area (Å²) in [6.45, 7) is 4.26. The summed E-state index contributed by atoms with van der Waals surface area (Å²) < 4.78 is 13.5. The van der Waals surface area contributed by atoms with Gasteiger partial charge in [-0.3, -0.25) is 4.79 Å². The molecule has 0 radical (unpaired) electrons. The zero-order chi connectivity index (χ0) is 22.5. The van der Waals surface area contributed by atoms with E-state index in [0.717, 1.165) is 11.4 Å². The number of nitrogens with zero attached hydrogens (tertiary/aromatic N) is 2. The van der Waals surface area contributed by atoms with Crippen LogP contribution < -0.4 is 10.6 Å². The Bertz CT molecular complexity index is 1220. The van der Waals surface area contributed by atoms with Gasteiger partial charge in [0.15, 0.2) is 5.82 Å². The molecule has 5 nitrogen and oxygen atoms in total. The molecule has 2 N–H and O–H groups in total. The van der Waals surface area contributed by atoms with Gasteiger partial charge in [0.1, 0.15) is 11.6 Å². The van der Waals surface area contributed by atoms with E-state index in [0.29, 0.717) is 28.7 Å². The normalized spacial score (nSPS) is 10.8. The number of hydrogen-bond acceptors (Lipinski definition) is 4. The molecule has 0 aliphatic carbocycles. The number of halogens is 1. The smallest absolute Gasteiger partial charge is 0.255 e. The molecule has 1 amide bonds. The van der Waals surface area contributed by atoms with Gasteiger partial charge in [0.25, 0.3) is 5.91 Å². The molecule has 6 heteroatoms. The van der Waals surface area contributed by atoms with Crippen molar-refractivity contribution in [2.75, 3.05) is 10.6 Å². The van der Waals surface area contributed by atoms with Crippen molar-refractivity contribution < 1.29 is 9.18 Å². The monoisotopic (exact) mass is 426 g/mol. The second kappa shape index (κ2) is 9.39. The minimum absolute atomic E-state index is 0.177. The third-order valence-corrected chi connectivity index (χ3v) is 4.99. The molecule has 3 aromatic carbocycles. The van der Waals surface area contributed by atoms with E-state index < -0.39 is 0 Å². The Morgan fingerprint density at radius 3 is 2.31 bits per heavy atom. The highest BCUT2D eigenvalue weighted by Gasteiger charge is 2.08. The Hall–Kier alpha value is -4.06. The van der Waals surface area contributed by atoms with Gasteiger partial charge < -0.3 is 10.6 Å². The summed E-state index contributed by atoms with van der Waals surface area (Å²) in [5.74, 6) is 0.925. The fourth-order valence-corrected chi connectivity index (χ4v) is 3.20. The number of benzene rings is 3. The van der Waals surface area contributed by atoms with E-state index in [4.69, 9.17) is 0 Å². The summed E-state index contributed by atoms with van der Waals surface area (Å²) in [4.78, 5) is 21.2. The maximum atomic E-state index is 13.5. The number of rotatable bonds is 6. The molecule has 0 unspecified atom stereocenters. The minimum atomic E-state index is -0.339. The van der Waals surface area contributed by atoms with E-state index in [-0.39, 0.29) is 11.7 Å². The molecule has 0 atom stereocenters. The van der Waals surface area contributed by atoms with E-state index >= 15 is 0 Å². The highest BCUT2D eigenvalue weighted by molar-refractivity contribution is 6.04. The molecule has 1 heterocycles. The van der Waals surface area contributed by atoms with Gasteiger partial charge in [-0.2, -0.15) is 0 Å². The second-order valence-corrected chi connectivity index (χ2v) is 7.71. The summed E-state index contributed by atoms with van der Waals surface area (Å²) in [7, 11) is 0. The highest BCUT2D eigenvalue weighted by Crippen LogP contribution is 2.21. The van der Waals surface area contributed by atoms with Crippen molar-refractivity contribution >= 4 is 23.1 Å². The topological polar surface area (TPSA) is 66.9 Å². The zero-order valence-corrected chi connectivity index (χ0v) is 17.8. The summed E-state index contributed by atoms with van der Waals surface area (Å²) in [5.41, 5.74) is 3.90. The number of carbonyl (C=O) groups is 1. The molecule has 0 aliphatic rings. The van der Waals surface area contributed by atoms with Crippen LogP contribution in [-0.2, 0) is 0 Å². The maximum Gasteiger partial charge on any atom is 0.255 e. The lowest BCUT2D eigenvalue weighted by Crippen LogP contribution is -2.11. The zero-order valence-electron chi connectivity index (χ0n) is 17.8. The number of carbonyl (C=O) groups excluding carboxylic acids is 1. The standard InChI is InChI=1S/C26H23FN4O/c1-17(2)18-6-10-23(11-7-18)30-26(32)19-8-12-22(13-9-19)29-24-14-15-28-25(31-24)20-4-3-5-21(27)16-20/h3-17H,1-2H3,(H,30,32)(H,28,29,31). The van der Waals surface area contributed by atoms with Crippen LogP contribution in [0.5, 0.6) is 0 Å². The summed E-state index contributed by atoms with van der Waals surface area (Å²) in [6, 6.07) is 22.8. The number of amides is 1. The molecule has 0 aliphatic heterocycles. The van der Waals surface area contributed by atoms with Gasteiger partial charge in [-0.05, 0) is 66.1 Å². The predicted molar refractivity (Wildman–Crippen MR) is 126 cm³/mol. The lowest BCUT2D eigenvalue weighted by molar-refractivity contribution is 0.102. The van der Waals surface area contributed by atoms with Crippen LogP contribution >= 0.6 is 0 Å². The molecule has 0 fully saturated rings. The largest absolute Gasteiger partial charge is 0.340 e. The number of nitrogens with one attached hydrogen (secondary N) is 2. The summed E-state index contributed by atoms with van der Waals surface area (Å²) in [5, 5.41) is 6.10. The average Bonchev–Trinajstić information content (AvgIpc) is 2.80. The Kier molecular flexibility index (Phi) is 6.22. The fraction of sp³-hybridized carbons (Fsp3) is 0.115. The fourth-order valence-electron chi connectivity index (χ4n) is 3.20. The van der Waals surface area contributed by atoms with Crippen molar-refractivity contribution in [3.63, 3.8) is 0 Å². The summed E-state index contributed by atoms with van der Waals surface area (Å²) >= 11 is 0. The van der Waals surface area contributed by atoms with E-state index in [1.165, 1.54) is 17.7 Å². The highest BCUT2D eigenvalue weighted by atomic mass is 19.1. The van der Waals surface area contributed by atoms with Crippen molar-refractivity contribution in [2.24, 2.45) is 0 Å². The Morgan fingerprint density at radius 1 is 0.906 bits per heavy atom. The first kappa shape index (κ1) is 21.2. The number of aromatic nitrogens is 2. The van der Waals surface area contributed by atoms with Gasteiger partial charge in [-0.1, -0.05) is 38.1 Å². The maximum absolute atomic E-state index is 13.5. The molecule has 0 bridgehead atoms. The number of hydrogen-bond donors (Lipinski definition) is 2. The van der Waals surface area contributed by atoms with Crippen molar-refractivity contribution in [3.05, 3.63) is 102 Å². The van der Waals surface area contributed by atoms with Gasteiger partial charge >= 0.3 is 0 Å². The average molecular weight is 426 g/mol. The van der Waals surface area contributed by atoms with Gasteiger partial charge in [0.05, 0.1) is 0 Å². The molecule has 4 rings (SSSR count). The quantitative estimate of drug-likeness (QED) is 0.374. The van der Waals surface area contributed by atoms with Gasteiger partial charge in [-0.25, -0.2) is 14.4 Å². The molecule has 0 saturated heterocycles. The Labute approximate surface area is 186 Å². The van der Waals surface area contributed by atoms with Gasteiger partial charge in [0.2, 0.25) is 0 Å². The molecule has 1 aromatic heterocycles. The van der Waals surface area contributed by atoms with Crippen molar-refractivity contribution in [1.29, 1.82) is 0 Å². The van der Waals surface area contributed by atoms with E-state index in [1.54, 1.807) is 48.7 Å².